The van der Waals surface area contributed by atoms with Crippen molar-refractivity contribution in [1.29, 1.82) is 0 Å². The average molecular weight is 262 g/mol. The minimum atomic E-state index is -0.371. The maximum absolute atomic E-state index is 9.55. The van der Waals surface area contributed by atoms with Crippen LogP contribution in [0.5, 0.6) is 0 Å². The van der Waals surface area contributed by atoms with E-state index in [1.807, 2.05) is 0 Å². The first-order chi connectivity index (χ1) is 8.79. The van der Waals surface area contributed by atoms with Crippen molar-refractivity contribution in [1.82, 2.24) is 0 Å². The van der Waals surface area contributed by atoms with Gasteiger partial charge in [0.05, 0.1) is 25.4 Å². The zero-order chi connectivity index (χ0) is 13.2. The summed E-state index contributed by atoms with van der Waals surface area (Å²) in [6, 6.07) is 0. The predicted octanol–water partition coefficient (Wildman–Crippen LogP) is 0.984. The van der Waals surface area contributed by atoms with Crippen LogP contribution < -0.4 is 0 Å². The molecule has 1 saturated carbocycles. The average Bonchev–Trinajstić information content (AvgIpc) is 2.36. The van der Waals surface area contributed by atoms with Crippen LogP contribution in [0.3, 0.4) is 0 Å². The van der Waals surface area contributed by atoms with E-state index in [9.17, 15) is 5.11 Å². The van der Waals surface area contributed by atoms with Gasteiger partial charge in [-0.15, -0.1) is 0 Å². The van der Waals surface area contributed by atoms with Crippen LogP contribution in [0.4, 0.5) is 0 Å². The van der Waals surface area contributed by atoms with E-state index in [2.05, 4.69) is 6.92 Å². The molecule has 0 saturated heterocycles. The highest BCUT2D eigenvalue weighted by atomic mass is 16.6. The molecule has 0 aromatic carbocycles. The summed E-state index contributed by atoms with van der Waals surface area (Å²) in [7, 11) is 1.68. The molecule has 1 aliphatic carbocycles. The monoisotopic (exact) mass is 262 g/mol. The van der Waals surface area contributed by atoms with Crippen molar-refractivity contribution >= 4 is 0 Å². The van der Waals surface area contributed by atoms with Gasteiger partial charge in [0.25, 0.3) is 0 Å². The van der Waals surface area contributed by atoms with Gasteiger partial charge in [-0.05, 0) is 12.8 Å². The number of methoxy groups -OCH3 is 1. The van der Waals surface area contributed by atoms with Crippen molar-refractivity contribution in [3.63, 3.8) is 0 Å². The third-order valence-corrected chi connectivity index (χ3v) is 2.93. The van der Waals surface area contributed by atoms with Gasteiger partial charge in [0.2, 0.25) is 0 Å². The summed E-state index contributed by atoms with van der Waals surface area (Å²) in [6.45, 7) is 5.28. The topological polar surface area (TPSA) is 57.2 Å². The van der Waals surface area contributed by atoms with Gasteiger partial charge in [0, 0.05) is 33.4 Å². The lowest BCUT2D eigenvalue weighted by molar-refractivity contribution is -0.195. The van der Waals surface area contributed by atoms with Crippen LogP contribution in [0, 0.1) is 0 Å². The summed E-state index contributed by atoms with van der Waals surface area (Å²) in [4.78, 5) is 0. The Balaban J connectivity index is 1.95. The van der Waals surface area contributed by atoms with Gasteiger partial charge in [0.15, 0.2) is 0 Å². The van der Waals surface area contributed by atoms with Crippen LogP contribution in [-0.2, 0) is 18.9 Å². The maximum Gasteiger partial charge on any atom is 0.110 e. The molecule has 5 nitrogen and oxygen atoms in total. The molecule has 1 aliphatic rings. The Kier molecular flexibility index (Phi) is 8.54. The molecule has 5 heteroatoms. The molecule has 0 aliphatic heterocycles. The number of hydrogen-bond acceptors (Lipinski definition) is 5. The zero-order valence-corrected chi connectivity index (χ0v) is 11.5. The van der Waals surface area contributed by atoms with E-state index in [4.69, 9.17) is 18.9 Å². The predicted molar refractivity (Wildman–Crippen MR) is 67.7 cm³/mol. The summed E-state index contributed by atoms with van der Waals surface area (Å²) < 4.78 is 21.5. The Labute approximate surface area is 109 Å². The first kappa shape index (κ1) is 15.9. The van der Waals surface area contributed by atoms with E-state index < -0.39 is 0 Å². The SMILES string of the molecule is CCCOC1C(O)CC1OCCOCCCOC. The van der Waals surface area contributed by atoms with Crippen molar-refractivity contribution < 1.29 is 24.1 Å². The summed E-state index contributed by atoms with van der Waals surface area (Å²) in [5, 5.41) is 9.55. The van der Waals surface area contributed by atoms with Crippen LogP contribution >= 0.6 is 0 Å². The number of ether oxygens (including phenoxy) is 4. The number of rotatable bonds is 11. The molecule has 1 rings (SSSR count). The van der Waals surface area contributed by atoms with Crippen molar-refractivity contribution in [2.75, 3.05) is 40.1 Å². The Hall–Kier alpha value is -0.200. The number of aliphatic hydroxyl groups is 1. The fourth-order valence-electron chi connectivity index (χ4n) is 1.86. The largest absolute Gasteiger partial charge is 0.390 e. The van der Waals surface area contributed by atoms with E-state index >= 15 is 0 Å². The second-order valence-corrected chi connectivity index (χ2v) is 4.51. The van der Waals surface area contributed by atoms with Crippen molar-refractivity contribution in [3.8, 4) is 0 Å². The molecule has 0 bridgehead atoms. The Morgan fingerprint density at radius 2 is 1.89 bits per heavy atom. The van der Waals surface area contributed by atoms with Gasteiger partial charge in [-0.1, -0.05) is 6.92 Å². The third kappa shape index (κ3) is 5.63. The van der Waals surface area contributed by atoms with Gasteiger partial charge in [0.1, 0.15) is 6.10 Å². The Bertz CT molecular complexity index is 200. The van der Waals surface area contributed by atoms with E-state index in [1.54, 1.807) is 7.11 Å². The highest BCUT2D eigenvalue weighted by Crippen LogP contribution is 2.27. The Morgan fingerprint density at radius 1 is 1.06 bits per heavy atom. The molecule has 0 aromatic heterocycles. The Morgan fingerprint density at radius 3 is 2.56 bits per heavy atom. The smallest absolute Gasteiger partial charge is 0.110 e. The van der Waals surface area contributed by atoms with Crippen LogP contribution in [0.1, 0.15) is 26.2 Å². The second-order valence-electron chi connectivity index (χ2n) is 4.51. The fraction of sp³-hybridized carbons (Fsp3) is 1.00. The van der Waals surface area contributed by atoms with Gasteiger partial charge in [-0.3, -0.25) is 0 Å². The summed E-state index contributed by atoms with van der Waals surface area (Å²) >= 11 is 0. The molecule has 1 fully saturated rings. The van der Waals surface area contributed by atoms with Crippen LogP contribution in [0.25, 0.3) is 0 Å². The molecule has 0 aromatic rings. The third-order valence-electron chi connectivity index (χ3n) is 2.93. The lowest BCUT2D eigenvalue weighted by Crippen LogP contribution is -2.54. The standard InChI is InChI=1S/C13H26O5/c1-3-5-18-13-11(14)10-12(13)17-9-8-16-7-4-6-15-2/h11-14H,3-10H2,1-2H3. The van der Waals surface area contributed by atoms with Crippen LogP contribution in [0.2, 0.25) is 0 Å². The van der Waals surface area contributed by atoms with E-state index in [0.717, 1.165) is 19.4 Å². The quantitative estimate of drug-likeness (QED) is 0.563. The molecule has 3 atom stereocenters. The van der Waals surface area contributed by atoms with E-state index in [1.165, 1.54) is 0 Å². The highest BCUT2D eigenvalue weighted by Gasteiger charge is 2.41. The second kappa shape index (κ2) is 9.69. The number of aliphatic hydroxyl groups excluding tert-OH is 1. The normalized spacial score (nSPS) is 27.2. The van der Waals surface area contributed by atoms with E-state index in [-0.39, 0.29) is 18.3 Å². The lowest BCUT2D eigenvalue weighted by atomic mass is 9.88. The molecular weight excluding hydrogens is 236 g/mol. The minimum Gasteiger partial charge on any atom is -0.390 e. The summed E-state index contributed by atoms with van der Waals surface area (Å²) in [5.74, 6) is 0. The molecule has 0 radical (unpaired) electrons. The van der Waals surface area contributed by atoms with Gasteiger partial charge < -0.3 is 24.1 Å². The van der Waals surface area contributed by atoms with Gasteiger partial charge in [-0.25, -0.2) is 0 Å². The molecule has 3 unspecified atom stereocenters. The van der Waals surface area contributed by atoms with Crippen molar-refractivity contribution in [3.05, 3.63) is 0 Å². The zero-order valence-electron chi connectivity index (χ0n) is 11.5. The molecular formula is C13H26O5. The molecule has 0 amide bonds. The van der Waals surface area contributed by atoms with Gasteiger partial charge in [-0.2, -0.15) is 0 Å². The first-order valence-corrected chi connectivity index (χ1v) is 6.77. The summed E-state index contributed by atoms with van der Waals surface area (Å²) in [5.41, 5.74) is 0. The van der Waals surface area contributed by atoms with Crippen LogP contribution in [-0.4, -0.2) is 63.6 Å². The molecule has 108 valence electrons. The van der Waals surface area contributed by atoms with E-state index in [0.29, 0.717) is 32.8 Å². The fourth-order valence-corrected chi connectivity index (χ4v) is 1.86. The lowest BCUT2D eigenvalue weighted by Gasteiger charge is -2.40. The van der Waals surface area contributed by atoms with Crippen molar-refractivity contribution in [2.24, 2.45) is 0 Å². The summed E-state index contributed by atoms with van der Waals surface area (Å²) in [6.07, 6.45) is 2.02. The highest BCUT2D eigenvalue weighted by molar-refractivity contribution is 4.91. The van der Waals surface area contributed by atoms with Crippen molar-refractivity contribution in [2.45, 2.75) is 44.5 Å². The molecule has 18 heavy (non-hydrogen) atoms. The van der Waals surface area contributed by atoms with Crippen LogP contribution in [0.15, 0.2) is 0 Å². The maximum atomic E-state index is 9.55. The van der Waals surface area contributed by atoms with Gasteiger partial charge >= 0.3 is 0 Å². The first-order valence-electron chi connectivity index (χ1n) is 6.77. The molecule has 1 N–H and O–H groups in total. The number of hydrogen-bond donors (Lipinski definition) is 1. The molecule has 0 heterocycles. The minimum absolute atomic E-state index is 0.0223. The molecule has 0 spiro atoms.